The lowest BCUT2D eigenvalue weighted by Crippen LogP contribution is -2.18. The van der Waals surface area contributed by atoms with Crippen LogP contribution in [0.15, 0.2) is 36.4 Å². The van der Waals surface area contributed by atoms with E-state index >= 15 is 0 Å². The van der Waals surface area contributed by atoms with Gasteiger partial charge < -0.3 is 5.32 Å². The minimum atomic E-state index is 0.352. The van der Waals surface area contributed by atoms with Gasteiger partial charge in [0.25, 0.3) is 0 Å². The minimum absolute atomic E-state index is 0.352. The Morgan fingerprint density at radius 2 is 1.76 bits per heavy atom. The minimum Gasteiger partial charge on any atom is -0.367 e. The fourth-order valence-corrected chi connectivity index (χ4v) is 2.28. The van der Waals surface area contributed by atoms with Gasteiger partial charge in [0.05, 0.1) is 0 Å². The highest BCUT2D eigenvalue weighted by Gasteiger charge is 2.08. The molecule has 1 aromatic heterocycles. The second-order valence-electron chi connectivity index (χ2n) is 5.98. The molecule has 0 spiro atoms. The molecule has 0 amide bonds. The average Bonchev–Trinajstić information content (AvgIpc) is 2.45. The standard InChI is InChI=1S/C18H25N3/c1-13(2)18-20-15(4)12-17(21-18)19-14(3)10-11-16-8-6-5-7-9-16/h5-9,12-14H,10-11H2,1-4H3,(H,19,20,21). The Morgan fingerprint density at radius 1 is 1.05 bits per heavy atom. The second-order valence-corrected chi connectivity index (χ2v) is 5.98. The lowest BCUT2D eigenvalue weighted by molar-refractivity contribution is 0.696. The predicted octanol–water partition coefficient (Wildman–Crippen LogP) is 4.34. The van der Waals surface area contributed by atoms with Crippen molar-refractivity contribution in [3.8, 4) is 0 Å². The van der Waals surface area contributed by atoms with E-state index in [9.17, 15) is 0 Å². The van der Waals surface area contributed by atoms with Crippen molar-refractivity contribution in [3.63, 3.8) is 0 Å². The van der Waals surface area contributed by atoms with Crippen LogP contribution >= 0.6 is 0 Å². The monoisotopic (exact) mass is 283 g/mol. The van der Waals surface area contributed by atoms with Crippen LogP contribution < -0.4 is 5.32 Å². The molecule has 21 heavy (non-hydrogen) atoms. The van der Waals surface area contributed by atoms with Gasteiger partial charge in [-0.3, -0.25) is 0 Å². The molecule has 2 aromatic rings. The van der Waals surface area contributed by atoms with Crippen LogP contribution in [0.1, 0.15) is 50.2 Å². The second kappa shape index (κ2) is 7.21. The Hall–Kier alpha value is -1.90. The molecule has 112 valence electrons. The van der Waals surface area contributed by atoms with Crippen molar-refractivity contribution in [2.45, 2.75) is 52.5 Å². The summed E-state index contributed by atoms with van der Waals surface area (Å²) in [5.41, 5.74) is 2.40. The lowest BCUT2D eigenvalue weighted by Gasteiger charge is -2.16. The normalized spacial score (nSPS) is 12.4. The largest absolute Gasteiger partial charge is 0.367 e. The zero-order valence-electron chi connectivity index (χ0n) is 13.4. The van der Waals surface area contributed by atoms with Crippen LogP contribution in [0.2, 0.25) is 0 Å². The Morgan fingerprint density at radius 3 is 2.43 bits per heavy atom. The van der Waals surface area contributed by atoms with Gasteiger partial charge in [-0.05, 0) is 32.3 Å². The summed E-state index contributed by atoms with van der Waals surface area (Å²) in [6.45, 7) is 8.47. The van der Waals surface area contributed by atoms with Crippen molar-refractivity contribution in [1.29, 1.82) is 0 Å². The van der Waals surface area contributed by atoms with Crippen molar-refractivity contribution < 1.29 is 0 Å². The number of benzene rings is 1. The van der Waals surface area contributed by atoms with Gasteiger partial charge in [0.15, 0.2) is 0 Å². The van der Waals surface area contributed by atoms with Gasteiger partial charge in [-0.25, -0.2) is 9.97 Å². The summed E-state index contributed by atoms with van der Waals surface area (Å²) < 4.78 is 0. The van der Waals surface area contributed by atoms with Gasteiger partial charge >= 0.3 is 0 Å². The Bertz CT molecular complexity index is 564. The molecule has 1 N–H and O–H groups in total. The van der Waals surface area contributed by atoms with Gasteiger partial charge in [-0.15, -0.1) is 0 Å². The maximum Gasteiger partial charge on any atom is 0.133 e. The van der Waals surface area contributed by atoms with Crippen LogP contribution in [-0.4, -0.2) is 16.0 Å². The van der Waals surface area contributed by atoms with Gasteiger partial charge in [-0.2, -0.15) is 0 Å². The summed E-state index contributed by atoms with van der Waals surface area (Å²) in [4.78, 5) is 9.09. The average molecular weight is 283 g/mol. The molecule has 3 heteroatoms. The van der Waals surface area contributed by atoms with Crippen molar-refractivity contribution >= 4 is 5.82 Å². The van der Waals surface area contributed by atoms with E-state index in [1.807, 2.05) is 13.0 Å². The molecule has 0 aliphatic rings. The number of rotatable bonds is 6. The van der Waals surface area contributed by atoms with Gasteiger partial charge in [-0.1, -0.05) is 44.2 Å². The van der Waals surface area contributed by atoms with Crippen LogP contribution in [0.5, 0.6) is 0 Å². The number of hydrogen-bond donors (Lipinski definition) is 1. The molecule has 2 rings (SSSR count). The number of nitrogens with zero attached hydrogens (tertiary/aromatic N) is 2. The number of anilines is 1. The number of nitrogens with one attached hydrogen (secondary N) is 1. The lowest BCUT2D eigenvalue weighted by atomic mass is 10.1. The smallest absolute Gasteiger partial charge is 0.133 e. The first-order chi connectivity index (χ1) is 10.0. The van der Waals surface area contributed by atoms with E-state index in [4.69, 9.17) is 0 Å². The first kappa shape index (κ1) is 15.5. The summed E-state index contributed by atoms with van der Waals surface area (Å²) in [7, 11) is 0. The maximum atomic E-state index is 4.61. The Kier molecular flexibility index (Phi) is 5.32. The summed E-state index contributed by atoms with van der Waals surface area (Å²) in [6, 6.07) is 13.0. The van der Waals surface area contributed by atoms with Gasteiger partial charge in [0, 0.05) is 23.7 Å². The summed E-state index contributed by atoms with van der Waals surface area (Å²) in [6.07, 6.45) is 2.17. The van der Waals surface area contributed by atoms with Crippen molar-refractivity contribution in [2.75, 3.05) is 5.32 Å². The zero-order chi connectivity index (χ0) is 15.2. The third-order valence-corrected chi connectivity index (χ3v) is 3.49. The van der Waals surface area contributed by atoms with E-state index in [-0.39, 0.29) is 0 Å². The molecule has 0 radical (unpaired) electrons. The fourth-order valence-electron chi connectivity index (χ4n) is 2.28. The first-order valence-electron chi connectivity index (χ1n) is 7.70. The van der Waals surface area contributed by atoms with E-state index in [0.717, 1.165) is 30.2 Å². The molecule has 3 nitrogen and oxygen atoms in total. The third-order valence-electron chi connectivity index (χ3n) is 3.49. The molecule has 0 fully saturated rings. The molecular formula is C18H25N3. The molecule has 0 saturated heterocycles. The quantitative estimate of drug-likeness (QED) is 0.857. The zero-order valence-corrected chi connectivity index (χ0v) is 13.4. The van der Waals surface area contributed by atoms with E-state index in [1.165, 1.54) is 5.56 Å². The highest BCUT2D eigenvalue weighted by molar-refractivity contribution is 5.37. The highest BCUT2D eigenvalue weighted by Crippen LogP contribution is 2.15. The Balaban J connectivity index is 1.94. The SMILES string of the molecule is Cc1cc(NC(C)CCc2ccccc2)nc(C(C)C)n1. The molecule has 0 saturated carbocycles. The van der Waals surface area contributed by atoms with E-state index in [1.54, 1.807) is 0 Å². The molecule has 0 aliphatic heterocycles. The number of hydrogen-bond acceptors (Lipinski definition) is 3. The summed E-state index contributed by atoms with van der Waals surface area (Å²) >= 11 is 0. The van der Waals surface area contributed by atoms with Crippen molar-refractivity contribution in [3.05, 3.63) is 53.5 Å². The maximum absolute atomic E-state index is 4.61. The predicted molar refractivity (Wildman–Crippen MR) is 88.7 cm³/mol. The molecule has 1 atom stereocenters. The molecule has 1 heterocycles. The third kappa shape index (κ3) is 4.85. The Labute approximate surface area is 127 Å². The van der Waals surface area contributed by atoms with Gasteiger partial charge in [0.2, 0.25) is 0 Å². The highest BCUT2D eigenvalue weighted by atomic mass is 15.0. The van der Waals surface area contributed by atoms with E-state index in [2.05, 4.69) is 66.4 Å². The van der Waals surface area contributed by atoms with Crippen LogP contribution in [-0.2, 0) is 6.42 Å². The van der Waals surface area contributed by atoms with Crippen LogP contribution in [0, 0.1) is 6.92 Å². The molecule has 0 aliphatic carbocycles. The van der Waals surface area contributed by atoms with Gasteiger partial charge in [0.1, 0.15) is 11.6 Å². The van der Waals surface area contributed by atoms with Crippen LogP contribution in [0.25, 0.3) is 0 Å². The topological polar surface area (TPSA) is 37.8 Å². The van der Waals surface area contributed by atoms with Crippen molar-refractivity contribution in [2.24, 2.45) is 0 Å². The van der Waals surface area contributed by atoms with Crippen molar-refractivity contribution in [1.82, 2.24) is 9.97 Å². The fraction of sp³-hybridized carbons (Fsp3) is 0.444. The summed E-state index contributed by atoms with van der Waals surface area (Å²) in [5.74, 6) is 2.20. The molecule has 1 aromatic carbocycles. The first-order valence-corrected chi connectivity index (χ1v) is 7.70. The van der Waals surface area contributed by atoms with E-state index < -0.39 is 0 Å². The number of aromatic nitrogens is 2. The van der Waals surface area contributed by atoms with Crippen LogP contribution in [0.4, 0.5) is 5.82 Å². The molecular weight excluding hydrogens is 258 g/mol. The van der Waals surface area contributed by atoms with Crippen LogP contribution in [0.3, 0.4) is 0 Å². The number of aryl methyl sites for hydroxylation is 2. The molecule has 0 bridgehead atoms. The van der Waals surface area contributed by atoms with E-state index in [0.29, 0.717) is 12.0 Å². The molecule has 1 unspecified atom stereocenters. The summed E-state index contributed by atoms with van der Waals surface area (Å²) in [5, 5.41) is 3.50.